The van der Waals surface area contributed by atoms with E-state index in [0.29, 0.717) is 12.2 Å². The van der Waals surface area contributed by atoms with Crippen LogP contribution in [-0.2, 0) is 62.5 Å². The van der Waals surface area contributed by atoms with E-state index in [1.54, 1.807) is 24.3 Å². The molecule has 0 unspecified atom stereocenters. The fourth-order valence-electron chi connectivity index (χ4n) is 9.27. The summed E-state index contributed by atoms with van der Waals surface area (Å²) in [5.74, 6) is -2.55. The molecular weight excluding hydrogens is 793 g/mol. The first-order valence-corrected chi connectivity index (χ1v) is 21.5. The lowest BCUT2D eigenvalue weighted by Crippen LogP contribution is -2.60. The fourth-order valence-corrected chi connectivity index (χ4v) is 9.27. The van der Waals surface area contributed by atoms with Gasteiger partial charge < -0.3 is 47.7 Å². The van der Waals surface area contributed by atoms with Crippen LogP contribution >= 0.6 is 0 Å². The van der Waals surface area contributed by atoms with Crippen LogP contribution in [-0.4, -0.2) is 96.1 Å². The van der Waals surface area contributed by atoms with Crippen LogP contribution in [0.3, 0.4) is 0 Å². The molecule has 4 aromatic carbocycles. The molecule has 1 aliphatic carbocycles. The predicted octanol–water partition coefficient (Wildman–Crippen LogP) is 7.05. The van der Waals surface area contributed by atoms with Crippen LogP contribution in [0.1, 0.15) is 77.9 Å². The molecule has 0 saturated carbocycles. The lowest BCUT2D eigenvalue weighted by atomic mass is 9.78. The average molecular weight is 847 g/mol. The van der Waals surface area contributed by atoms with Crippen molar-refractivity contribution in [2.24, 2.45) is 0 Å². The Bertz CT molecular complexity index is 2230. The summed E-state index contributed by atoms with van der Waals surface area (Å²) in [6, 6.07) is 36.1. The van der Waals surface area contributed by atoms with Gasteiger partial charge in [0.25, 0.3) is 0 Å². The Morgan fingerprint density at radius 2 is 0.984 bits per heavy atom. The molecule has 62 heavy (non-hydrogen) atoms. The number of benzene rings is 4. The standard InChI is InChI=1S/C50H54O12/c1-49(2)59-44-38(58-48-47(46(44)60-49)61-50(3,4)62-48)25-36-35(40(51)33-22-14-15-23-34(33)41(36)52)24-37-42(53)45(56-28-32-20-12-7-13-21-32)43(55-27-31-18-10-6-11-19-31)39(57-37)29-54-26-30-16-8-5-9-17-30/h5-23,37-39,42-48,53H,24-29H2,1-4H3/t37-,38-,39-,42+,43-,44+,45-,46+,47-,48-/m1/s1. The Labute approximate surface area is 362 Å². The maximum absolute atomic E-state index is 14.8. The van der Waals surface area contributed by atoms with Crippen LogP contribution in [0.4, 0.5) is 0 Å². The normalized spacial score (nSPS) is 31.1. The third kappa shape index (κ3) is 9.13. The van der Waals surface area contributed by atoms with Gasteiger partial charge in [0, 0.05) is 35.1 Å². The lowest BCUT2D eigenvalue weighted by Gasteiger charge is -2.45. The van der Waals surface area contributed by atoms with Crippen molar-refractivity contribution in [1.82, 2.24) is 0 Å². The van der Waals surface area contributed by atoms with Gasteiger partial charge in [-0.2, -0.15) is 0 Å². The van der Waals surface area contributed by atoms with Gasteiger partial charge in [0.1, 0.15) is 42.7 Å². The van der Waals surface area contributed by atoms with Crippen LogP contribution in [0.15, 0.2) is 126 Å². The number of hydrogen-bond donors (Lipinski definition) is 1. The molecule has 1 N–H and O–H groups in total. The Balaban J connectivity index is 1.06. The highest BCUT2D eigenvalue weighted by Gasteiger charge is 2.61. The van der Waals surface area contributed by atoms with E-state index in [4.69, 9.17) is 42.6 Å². The number of aliphatic hydroxyl groups is 1. The van der Waals surface area contributed by atoms with Crippen LogP contribution in [0.25, 0.3) is 0 Å². The van der Waals surface area contributed by atoms with Gasteiger partial charge >= 0.3 is 0 Å². The first kappa shape index (κ1) is 42.8. The zero-order valence-corrected chi connectivity index (χ0v) is 35.4. The Morgan fingerprint density at radius 3 is 1.56 bits per heavy atom. The van der Waals surface area contributed by atoms with Gasteiger partial charge in [-0.1, -0.05) is 115 Å². The van der Waals surface area contributed by atoms with E-state index < -0.39 is 72.8 Å². The van der Waals surface area contributed by atoms with Gasteiger partial charge in [-0.05, 0) is 44.4 Å². The summed E-state index contributed by atoms with van der Waals surface area (Å²) in [4.78, 5) is 29.4. The molecule has 0 radical (unpaired) electrons. The smallest absolute Gasteiger partial charge is 0.190 e. The molecule has 9 rings (SSSR count). The highest BCUT2D eigenvalue weighted by Crippen LogP contribution is 2.46. The molecule has 12 heteroatoms. The lowest BCUT2D eigenvalue weighted by molar-refractivity contribution is -0.260. The number of Topliss-reactive ketones (excluding diaryl/α,β-unsaturated/α-hetero) is 2. The number of aliphatic hydroxyl groups excluding tert-OH is 1. The van der Waals surface area contributed by atoms with E-state index in [-0.39, 0.29) is 60.9 Å². The third-order valence-electron chi connectivity index (χ3n) is 12.1. The molecule has 0 amide bonds. The summed E-state index contributed by atoms with van der Waals surface area (Å²) < 4.78 is 58.1. The fraction of sp³-hybridized carbons (Fsp3) is 0.440. The van der Waals surface area contributed by atoms with Gasteiger partial charge in [-0.25, -0.2) is 0 Å². The van der Waals surface area contributed by atoms with Crippen molar-refractivity contribution < 1.29 is 57.3 Å². The van der Waals surface area contributed by atoms with E-state index in [0.717, 1.165) is 16.7 Å². The van der Waals surface area contributed by atoms with Crippen molar-refractivity contribution in [3.8, 4) is 0 Å². The van der Waals surface area contributed by atoms with Crippen molar-refractivity contribution in [3.05, 3.63) is 154 Å². The van der Waals surface area contributed by atoms with E-state index in [1.807, 2.05) is 119 Å². The molecule has 0 bridgehead atoms. The molecule has 0 spiro atoms. The minimum Gasteiger partial charge on any atom is -0.388 e. The van der Waals surface area contributed by atoms with Gasteiger partial charge in [-0.3, -0.25) is 9.59 Å². The van der Waals surface area contributed by atoms with Gasteiger partial charge in [0.05, 0.1) is 38.6 Å². The zero-order chi connectivity index (χ0) is 43.0. The first-order chi connectivity index (χ1) is 29.9. The summed E-state index contributed by atoms with van der Waals surface area (Å²) in [6.07, 6.45) is -8.14. The highest BCUT2D eigenvalue weighted by atomic mass is 16.9. The molecule has 0 aromatic heterocycles. The first-order valence-electron chi connectivity index (χ1n) is 21.5. The van der Waals surface area contributed by atoms with Gasteiger partial charge in [0.2, 0.25) is 0 Å². The quantitative estimate of drug-likeness (QED) is 0.139. The molecular formula is C50H54O12. The second-order valence-corrected chi connectivity index (χ2v) is 17.5. The predicted molar refractivity (Wildman–Crippen MR) is 225 cm³/mol. The summed E-state index contributed by atoms with van der Waals surface area (Å²) in [5.41, 5.74) is 3.87. The number of carbonyl (C=O) groups is 2. The van der Waals surface area contributed by atoms with E-state index in [2.05, 4.69) is 0 Å². The molecule has 5 aliphatic rings. The number of hydrogen-bond acceptors (Lipinski definition) is 12. The maximum atomic E-state index is 14.8. The van der Waals surface area contributed by atoms with Crippen LogP contribution in [0.5, 0.6) is 0 Å². The third-order valence-corrected chi connectivity index (χ3v) is 12.1. The summed E-state index contributed by atoms with van der Waals surface area (Å²) in [7, 11) is 0. The Morgan fingerprint density at radius 1 is 0.516 bits per heavy atom. The molecule has 4 aromatic rings. The molecule has 4 fully saturated rings. The average Bonchev–Trinajstić information content (AvgIpc) is 3.78. The minimum absolute atomic E-state index is 0.00499. The summed E-state index contributed by atoms with van der Waals surface area (Å²) in [5, 5.41) is 12.4. The Kier molecular flexibility index (Phi) is 12.4. The van der Waals surface area contributed by atoms with Gasteiger partial charge in [-0.15, -0.1) is 0 Å². The molecule has 4 heterocycles. The summed E-state index contributed by atoms with van der Waals surface area (Å²) in [6.45, 7) is 8.08. The number of ether oxygens (including phenoxy) is 9. The van der Waals surface area contributed by atoms with Crippen LogP contribution in [0, 0.1) is 0 Å². The van der Waals surface area contributed by atoms with Crippen molar-refractivity contribution in [2.75, 3.05) is 6.61 Å². The van der Waals surface area contributed by atoms with Crippen molar-refractivity contribution in [2.45, 2.75) is 133 Å². The zero-order valence-electron chi connectivity index (χ0n) is 35.4. The monoisotopic (exact) mass is 846 g/mol. The van der Waals surface area contributed by atoms with E-state index in [9.17, 15) is 14.7 Å². The molecule has 4 aliphatic heterocycles. The molecule has 4 saturated heterocycles. The molecule has 10 atom stereocenters. The largest absolute Gasteiger partial charge is 0.388 e. The number of fused-ring (bicyclic) bond motifs is 4. The van der Waals surface area contributed by atoms with E-state index in [1.165, 1.54) is 0 Å². The molecule has 12 nitrogen and oxygen atoms in total. The van der Waals surface area contributed by atoms with Crippen molar-refractivity contribution in [1.29, 1.82) is 0 Å². The van der Waals surface area contributed by atoms with Gasteiger partial charge in [0.15, 0.2) is 29.4 Å². The number of carbonyl (C=O) groups excluding carboxylic acids is 2. The van der Waals surface area contributed by atoms with Crippen LogP contribution in [0.2, 0.25) is 0 Å². The number of ketones is 2. The van der Waals surface area contributed by atoms with E-state index >= 15 is 0 Å². The topological polar surface area (TPSA) is 137 Å². The summed E-state index contributed by atoms with van der Waals surface area (Å²) >= 11 is 0. The van der Waals surface area contributed by atoms with Crippen molar-refractivity contribution >= 4 is 11.6 Å². The van der Waals surface area contributed by atoms with Crippen LogP contribution < -0.4 is 0 Å². The number of rotatable bonds is 14. The van der Waals surface area contributed by atoms with Crippen molar-refractivity contribution in [3.63, 3.8) is 0 Å². The Hall–Kier alpha value is -4.44. The minimum atomic E-state index is -1.28. The SMILES string of the molecule is CC1(C)O[C@H]2[C@@H](O1)[C@@H](CC1=C(C[C@H]3O[C@H](COCc4ccccc4)[C@@H](OCc4ccccc4)[C@H](OCc4ccccc4)[C@H]3O)C(=O)c3ccccc3C1=O)O[C@@H]1OC(C)(C)O[C@@H]12. The second kappa shape index (κ2) is 18.0. The second-order valence-electron chi connectivity index (χ2n) is 17.5. The highest BCUT2D eigenvalue weighted by molar-refractivity contribution is 6.27. The molecule has 326 valence electrons. The maximum Gasteiger partial charge on any atom is 0.190 e.